The number of benzene rings is 2. The highest BCUT2D eigenvalue weighted by atomic mass is 79.9. The van der Waals surface area contributed by atoms with Crippen molar-refractivity contribution in [3.8, 4) is 0 Å². The second kappa shape index (κ2) is 7.05. The molecule has 3 aromatic rings. The lowest BCUT2D eigenvalue weighted by atomic mass is 10.1. The highest BCUT2D eigenvalue weighted by molar-refractivity contribution is 9.10. The Balaban J connectivity index is 2.21. The van der Waals surface area contributed by atoms with Crippen molar-refractivity contribution in [3.63, 3.8) is 0 Å². The fourth-order valence-corrected chi connectivity index (χ4v) is 3.15. The summed E-state index contributed by atoms with van der Waals surface area (Å²) in [5, 5.41) is 1.00. The fraction of sp³-hybridized carbons (Fsp3) is 0.150. The molecule has 0 unspecified atom stereocenters. The van der Waals surface area contributed by atoms with Gasteiger partial charge in [0.15, 0.2) is 0 Å². The van der Waals surface area contributed by atoms with E-state index in [1.165, 1.54) is 0 Å². The molecule has 1 heterocycles. The first kappa shape index (κ1) is 16.5. The smallest absolute Gasteiger partial charge is 0.355 e. The summed E-state index contributed by atoms with van der Waals surface area (Å²) in [6, 6.07) is 17.7. The average molecular weight is 384 g/mol. The molecule has 0 radical (unpaired) electrons. The molecule has 3 nitrogen and oxygen atoms in total. The van der Waals surface area contributed by atoms with Gasteiger partial charge in [-0.2, -0.15) is 0 Å². The molecule has 2 aromatic carbocycles. The minimum Gasteiger partial charge on any atom is -0.461 e. The van der Waals surface area contributed by atoms with E-state index in [2.05, 4.69) is 22.5 Å². The van der Waals surface area contributed by atoms with Gasteiger partial charge in [-0.05, 0) is 36.8 Å². The van der Waals surface area contributed by atoms with E-state index in [9.17, 15) is 4.79 Å². The molecule has 122 valence electrons. The number of fused-ring (bicyclic) bond motifs is 1. The molecule has 0 saturated heterocycles. The van der Waals surface area contributed by atoms with Gasteiger partial charge in [-0.15, -0.1) is 6.58 Å². The Hall–Kier alpha value is -2.33. The molecule has 4 heteroatoms. The molecule has 0 aliphatic rings. The first-order chi connectivity index (χ1) is 11.7. The van der Waals surface area contributed by atoms with Gasteiger partial charge in [-0.1, -0.05) is 52.3 Å². The summed E-state index contributed by atoms with van der Waals surface area (Å²) < 4.78 is 8.25. The topological polar surface area (TPSA) is 31.2 Å². The normalized spacial score (nSPS) is 12.1. The van der Waals surface area contributed by atoms with Crippen molar-refractivity contribution in [2.24, 2.45) is 0 Å². The molecule has 0 aliphatic carbocycles. The molecule has 3 rings (SSSR count). The molecule has 0 N–H and O–H groups in total. The molecule has 0 amide bonds. The van der Waals surface area contributed by atoms with E-state index in [4.69, 9.17) is 4.74 Å². The zero-order chi connectivity index (χ0) is 17.1. The minimum absolute atomic E-state index is 0.155. The van der Waals surface area contributed by atoms with Gasteiger partial charge in [0.2, 0.25) is 0 Å². The van der Waals surface area contributed by atoms with E-state index in [1.54, 1.807) is 0 Å². The molecule has 0 spiro atoms. The Morgan fingerprint density at radius 3 is 2.62 bits per heavy atom. The van der Waals surface area contributed by atoms with Crippen LogP contribution in [0.15, 0.2) is 71.7 Å². The lowest BCUT2D eigenvalue weighted by Gasteiger charge is -2.19. The number of carbonyl (C=O) groups is 1. The molecule has 24 heavy (non-hydrogen) atoms. The van der Waals surface area contributed by atoms with Crippen LogP contribution in [0, 0.1) is 0 Å². The van der Waals surface area contributed by atoms with Crippen LogP contribution >= 0.6 is 15.9 Å². The van der Waals surface area contributed by atoms with Crippen molar-refractivity contribution in [2.75, 3.05) is 6.61 Å². The van der Waals surface area contributed by atoms with Crippen LogP contribution < -0.4 is 0 Å². The van der Waals surface area contributed by atoms with E-state index < -0.39 is 0 Å². The van der Waals surface area contributed by atoms with Gasteiger partial charge in [0.25, 0.3) is 0 Å². The van der Waals surface area contributed by atoms with Gasteiger partial charge in [0.05, 0.1) is 12.6 Å². The third-order valence-electron chi connectivity index (χ3n) is 3.95. The number of para-hydroxylation sites is 1. The number of ether oxygens (including phenoxy) is 1. The lowest BCUT2D eigenvalue weighted by Crippen LogP contribution is -2.16. The maximum Gasteiger partial charge on any atom is 0.355 e. The van der Waals surface area contributed by atoms with Gasteiger partial charge in [0, 0.05) is 15.4 Å². The van der Waals surface area contributed by atoms with Crippen molar-refractivity contribution < 1.29 is 9.53 Å². The van der Waals surface area contributed by atoms with Gasteiger partial charge < -0.3 is 9.30 Å². The summed E-state index contributed by atoms with van der Waals surface area (Å²) in [6.45, 7) is 6.14. The van der Waals surface area contributed by atoms with Crippen molar-refractivity contribution in [1.29, 1.82) is 0 Å². The molecule has 0 bridgehead atoms. The predicted octanol–water partition coefficient (Wildman–Crippen LogP) is 5.36. The summed E-state index contributed by atoms with van der Waals surface area (Å²) in [5.74, 6) is -0.322. The van der Waals surface area contributed by atoms with Gasteiger partial charge in [0.1, 0.15) is 5.69 Å². The molecule has 1 aromatic heterocycles. The van der Waals surface area contributed by atoms with E-state index in [-0.39, 0.29) is 12.0 Å². The zero-order valence-corrected chi connectivity index (χ0v) is 15.0. The monoisotopic (exact) mass is 383 g/mol. The Morgan fingerprint density at radius 2 is 1.96 bits per heavy atom. The first-order valence-corrected chi connectivity index (χ1v) is 8.60. The third kappa shape index (κ3) is 3.02. The number of halogens is 1. The summed E-state index contributed by atoms with van der Waals surface area (Å²) >= 11 is 3.46. The zero-order valence-electron chi connectivity index (χ0n) is 13.4. The van der Waals surface area contributed by atoms with Crippen LogP contribution in [0.25, 0.3) is 10.9 Å². The van der Waals surface area contributed by atoms with E-state index in [1.807, 2.05) is 72.2 Å². The Kier molecular flexibility index (Phi) is 4.86. The van der Waals surface area contributed by atoms with Gasteiger partial charge in [-0.25, -0.2) is 4.79 Å². The highest BCUT2D eigenvalue weighted by Gasteiger charge is 2.22. The number of carbonyl (C=O) groups excluding carboxylic acids is 1. The number of hydrogen-bond acceptors (Lipinski definition) is 2. The van der Waals surface area contributed by atoms with Crippen molar-refractivity contribution in [2.45, 2.75) is 13.0 Å². The quantitative estimate of drug-likeness (QED) is 0.438. The second-order valence-electron chi connectivity index (χ2n) is 5.41. The van der Waals surface area contributed by atoms with Crippen LogP contribution in [-0.4, -0.2) is 17.1 Å². The third-order valence-corrected chi connectivity index (χ3v) is 4.47. The van der Waals surface area contributed by atoms with Crippen LogP contribution in [0.2, 0.25) is 0 Å². The van der Waals surface area contributed by atoms with E-state index >= 15 is 0 Å². The number of hydrogen-bond donors (Lipinski definition) is 0. The van der Waals surface area contributed by atoms with Gasteiger partial charge >= 0.3 is 5.97 Å². The largest absolute Gasteiger partial charge is 0.461 e. The summed E-state index contributed by atoms with van der Waals surface area (Å²) in [5.41, 5.74) is 2.57. The fourth-order valence-electron chi connectivity index (χ4n) is 2.89. The average Bonchev–Trinajstić information content (AvgIpc) is 2.97. The van der Waals surface area contributed by atoms with Crippen LogP contribution in [0.5, 0.6) is 0 Å². The van der Waals surface area contributed by atoms with Gasteiger partial charge in [-0.3, -0.25) is 0 Å². The molecular formula is C20H18BrNO2. The van der Waals surface area contributed by atoms with Crippen LogP contribution in [0.4, 0.5) is 0 Å². The van der Waals surface area contributed by atoms with Crippen molar-refractivity contribution >= 4 is 32.8 Å². The summed E-state index contributed by atoms with van der Waals surface area (Å²) in [6.07, 6.45) is 1.85. The maximum absolute atomic E-state index is 12.5. The standard InChI is InChI=1S/C20H18BrNO2/c1-3-17(14-9-11-16(21)12-10-14)22-18-8-6-5-7-15(18)13-19(22)20(23)24-4-2/h3,5-13,17H,1,4H2,2H3/t17-/m1/s1. The highest BCUT2D eigenvalue weighted by Crippen LogP contribution is 2.30. The number of nitrogens with zero attached hydrogens (tertiary/aromatic N) is 1. The van der Waals surface area contributed by atoms with Crippen LogP contribution in [-0.2, 0) is 4.74 Å². The number of aromatic nitrogens is 1. The Labute approximate surface area is 149 Å². The molecule has 0 aliphatic heterocycles. The SMILES string of the molecule is C=C[C@H](c1ccc(Br)cc1)n1c(C(=O)OCC)cc2ccccc21. The molecule has 0 saturated carbocycles. The number of allylic oxidation sites excluding steroid dienone is 1. The van der Waals surface area contributed by atoms with Crippen LogP contribution in [0.1, 0.15) is 29.0 Å². The minimum atomic E-state index is -0.322. The van der Waals surface area contributed by atoms with Crippen LogP contribution in [0.3, 0.4) is 0 Å². The first-order valence-electron chi connectivity index (χ1n) is 7.80. The lowest BCUT2D eigenvalue weighted by molar-refractivity contribution is 0.0514. The second-order valence-corrected chi connectivity index (χ2v) is 6.33. The summed E-state index contributed by atoms with van der Waals surface area (Å²) in [7, 11) is 0. The number of rotatable bonds is 5. The van der Waals surface area contributed by atoms with E-state index in [0.717, 1.165) is 20.9 Å². The maximum atomic E-state index is 12.5. The predicted molar refractivity (Wildman–Crippen MR) is 100 cm³/mol. The molecular weight excluding hydrogens is 366 g/mol. The van der Waals surface area contributed by atoms with Crippen molar-refractivity contribution in [1.82, 2.24) is 4.57 Å². The van der Waals surface area contributed by atoms with Crippen molar-refractivity contribution in [3.05, 3.63) is 83.0 Å². The van der Waals surface area contributed by atoms with E-state index in [0.29, 0.717) is 12.3 Å². The molecule has 0 fully saturated rings. The summed E-state index contributed by atoms with van der Waals surface area (Å²) in [4.78, 5) is 12.5. The Bertz CT molecular complexity index is 880. The molecule has 1 atom stereocenters. The Morgan fingerprint density at radius 1 is 1.25 bits per heavy atom. The number of esters is 1.